The number of hydrogen-bond acceptors (Lipinski definition) is 4. The predicted molar refractivity (Wildman–Crippen MR) is 116 cm³/mol. The lowest BCUT2D eigenvalue weighted by Gasteiger charge is -2.34. The third-order valence-electron chi connectivity index (χ3n) is 6.11. The highest BCUT2D eigenvalue weighted by Gasteiger charge is 2.25. The quantitative estimate of drug-likeness (QED) is 0.520. The number of nitrogens with one attached hydrogen (secondary N) is 2. The molecule has 2 saturated heterocycles. The Balaban J connectivity index is 1.49. The fraction of sp³-hybridized carbons (Fsp3) is 0.682. The van der Waals surface area contributed by atoms with Crippen molar-refractivity contribution in [3.8, 4) is 0 Å². The van der Waals surface area contributed by atoms with Crippen molar-refractivity contribution in [2.75, 3.05) is 60.5 Å². The highest BCUT2D eigenvalue weighted by Crippen LogP contribution is 2.24. The molecule has 3 rings (SSSR count). The van der Waals surface area contributed by atoms with Crippen LogP contribution < -0.4 is 10.6 Å². The van der Waals surface area contributed by atoms with E-state index in [0.29, 0.717) is 24.5 Å². The largest absolute Gasteiger partial charge is 0.381 e. The number of ether oxygens (including phenoxy) is 1. The zero-order chi connectivity index (χ0) is 21.5. The Labute approximate surface area is 178 Å². The topological polar surface area (TPSA) is 52.1 Å². The minimum absolute atomic E-state index is 0.0784. The Morgan fingerprint density at radius 3 is 2.50 bits per heavy atom. The molecule has 0 radical (unpaired) electrons. The molecule has 6 nitrogen and oxygen atoms in total. The highest BCUT2D eigenvalue weighted by molar-refractivity contribution is 5.80. The van der Waals surface area contributed by atoms with Crippen LogP contribution in [-0.2, 0) is 4.74 Å². The Kier molecular flexibility index (Phi) is 8.41. The van der Waals surface area contributed by atoms with Gasteiger partial charge in [-0.1, -0.05) is 6.07 Å². The second kappa shape index (κ2) is 11.0. The number of halogens is 2. The fourth-order valence-corrected chi connectivity index (χ4v) is 4.31. The molecule has 2 aliphatic heterocycles. The molecule has 0 spiro atoms. The van der Waals surface area contributed by atoms with Crippen molar-refractivity contribution in [2.45, 2.75) is 31.3 Å². The molecule has 2 unspecified atom stereocenters. The zero-order valence-electron chi connectivity index (χ0n) is 18.3. The van der Waals surface area contributed by atoms with E-state index in [9.17, 15) is 8.78 Å². The average Bonchev–Trinajstić information content (AvgIpc) is 3.23. The number of likely N-dealkylation sites (N-methyl/N-ethyl adjacent to an activating group) is 1. The number of rotatable bonds is 7. The van der Waals surface area contributed by atoms with E-state index in [2.05, 4.69) is 20.5 Å². The standard InChI is InChI=1S/C22H35F2N5O/c1-25-22(26-13-20(28(2)3)21-18(23)5-4-6-19(21)24)27-17-7-10-29(11-8-17)14-16-9-12-30-15-16/h4-6,16-17,20H,7-15H2,1-3H3,(H2,25,26,27). The molecule has 0 amide bonds. The van der Waals surface area contributed by atoms with Crippen LogP contribution in [0.15, 0.2) is 23.2 Å². The molecular weight excluding hydrogens is 388 g/mol. The lowest BCUT2D eigenvalue weighted by molar-refractivity contribution is 0.150. The van der Waals surface area contributed by atoms with Crippen molar-refractivity contribution < 1.29 is 13.5 Å². The van der Waals surface area contributed by atoms with Crippen molar-refractivity contribution in [3.63, 3.8) is 0 Å². The van der Waals surface area contributed by atoms with Crippen molar-refractivity contribution in [3.05, 3.63) is 35.4 Å². The van der Waals surface area contributed by atoms with E-state index in [0.717, 1.165) is 45.7 Å². The molecule has 0 bridgehead atoms. The summed E-state index contributed by atoms with van der Waals surface area (Å²) in [4.78, 5) is 8.65. The minimum atomic E-state index is -0.529. The Hall–Kier alpha value is -1.77. The van der Waals surface area contributed by atoms with Crippen LogP contribution in [0.3, 0.4) is 0 Å². The lowest BCUT2D eigenvalue weighted by Crippen LogP contribution is -2.50. The monoisotopic (exact) mass is 423 g/mol. The van der Waals surface area contributed by atoms with Gasteiger partial charge in [0.15, 0.2) is 5.96 Å². The molecular formula is C22H35F2N5O. The molecule has 2 N–H and O–H groups in total. The molecule has 168 valence electrons. The van der Waals surface area contributed by atoms with Crippen LogP contribution in [0.2, 0.25) is 0 Å². The van der Waals surface area contributed by atoms with Gasteiger partial charge >= 0.3 is 0 Å². The van der Waals surface area contributed by atoms with Gasteiger partial charge in [0.05, 0.1) is 12.6 Å². The van der Waals surface area contributed by atoms with Gasteiger partial charge in [0, 0.05) is 51.4 Å². The Morgan fingerprint density at radius 2 is 1.93 bits per heavy atom. The molecule has 2 fully saturated rings. The summed E-state index contributed by atoms with van der Waals surface area (Å²) in [5.74, 6) is 0.281. The number of guanidine groups is 1. The van der Waals surface area contributed by atoms with Gasteiger partial charge in [-0.3, -0.25) is 4.99 Å². The first-order chi connectivity index (χ1) is 14.5. The molecule has 1 aromatic carbocycles. The van der Waals surface area contributed by atoms with E-state index in [4.69, 9.17) is 4.74 Å². The van der Waals surface area contributed by atoms with Gasteiger partial charge in [0.25, 0.3) is 0 Å². The van der Waals surface area contributed by atoms with Gasteiger partial charge in [-0.15, -0.1) is 0 Å². The smallest absolute Gasteiger partial charge is 0.191 e. The maximum Gasteiger partial charge on any atom is 0.191 e. The van der Waals surface area contributed by atoms with Crippen LogP contribution in [0.1, 0.15) is 30.9 Å². The van der Waals surface area contributed by atoms with Crippen molar-refractivity contribution in [1.29, 1.82) is 0 Å². The number of likely N-dealkylation sites (tertiary alicyclic amines) is 1. The summed E-state index contributed by atoms with van der Waals surface area (Å²) in [5.41, 5.74) is 0.0784. The van der Waals surface area contributed by atoms with Crippen LogP contribution in [0.5, 0.6) is 0 Å². The van der Waals surface area contributed by atoms with Gasteiger partial charge in [0.2, 0.25) is 0 Å². The van der Waals surface area contributed by atoms with Gasteiger partial charge in [-0.2, -0.15) is 0 Å². The summed E-state index contributed by atoms with van der Waals surface area (Å²) in [5, 5.41) is 6.73. The summed E-state index contributed by atoms with van der Waals surface area (Å²) in [6.45, 7) is 5.39. The molecule has 1 aromatic rings. The second-order valence-electron chi connectivity index (χ2n) is 8.52. The maximum atomic E-state index is 14.3. The molecule has 0 saturated carbocycles. The van der Waals surface area contributed by atoms with Crippen LogP contribution >= 0.6 is 0 Å². The molecule has 30 heavy (non-hydrogen) atoms. The maximum absolute atomic E-state index is 14.3. The van der Waals surface area contributed by atoms with Crippen LogP contribution in [0.4, 0.5) is 8.78 Å². The van der Waals surface area contributed by atoms with Crippen LogP contribution in [-0.4, -0.2) is 82.3 Å². The fourth-order valence-electron chi connectivity index (χ4n) is 4.31. The van der Waals surface area contributed by atoms with E-state index in [1.807, 2.05) is 19.0 Å². The number of aliphatic imine (C=N–C) groups is 1. The van der Waals surface area contributed by atoms with Gasteiger partial charge in [-0.25, -0.2) is 8.78 Å². The summed E-state index contributed by atoms with van der Waals surface area (Å²) in [7, 11) is 5.36. The molecule has 8 heteroatoms. The molecule has 2 aliphatic rings. The molecule has 0 aromatic heterocycles. The Morgan fingerprint density at radius 1 is 1.23 bits per heavy atom. The molecule has 0 aliphatic carbocycles. The van der Waals surface area contributed by atoms with Gasteiger partial charge in [0.1, 0.15) is 11.6 Å². The number of nitrogens with zero attached hydrogens (tertiary/aromatic N) is 3. The van der Waals surface area contributed by atoms with E-state index < -0.39 is 17.7 Å². The summed E-state index contributed by atoms with van der Waals surface area (Å²) >= 11 is 0. The number of benzene rings is 1. The normalized spacial score (nSPS) is 22.5. The van der Waals surface area contributed by atoms with E-state index in [1.165, 1.54) is 24.6 Å². The summed E-state index contributed by atoms with van der Waals surface area (Å²) < 4.78 is 34.0. The Bertz CT molecular complexity index is 681. The minimum Gasteiger partial charge on any atom is -0.381 e. The zero-order valence-corrected chi connectivity index (χ0v) is 18.3. The predicted octanol–water partition coefficient (Wildman–Crippen LogP) is 2.23. The summed E-state index contributed by atoms with van der Waals surface area (Å²) in [6.07, 6.45) is 3.27. The van der Waals surface area contributed by atoms with Crippen molar-refractivity contribution in [2.24, 2.45) is 10.9 Å². The lowest BCUT2D eigenvalue weighted by atomic mass is 10.0. The highest BCUT2D eigenvalue weighted by atomic mass is 19.1. The van der Waals surface area contributed by atoms with E-state index in [1.54, 1.807) is 7.05 Å². The third-order valence-corrected chi connectivity index (χ3v) is 6.11. The van der Waals surface area contributed by atoms with Gasteiger partial charge < -0.3 is 25.2 Å². The van der Waals surface area contributed by atoms with Crippen LogP contribution in [0.25, 0.3) is 0 Å². The summed E-state index contributed by atoms with van der Waals surface area (Å²) in [6, 6.07) is 3.89. The molecule has 2 atom stereocenters. The van der Waals surface area contributed by atoms with Crippen LogP contribution in [0, 0.1) is 17.6 Å². The van der Waals surface area contributed by atoms with Crippen molar-refractivity contribution >= 4 is 5.96 Å². The van der Waals surface area contributed by atoms with Crippen molar-refractivity contribution in [1.82, 2.24) is 20.4 Å². The molecule has 2 heterocycles. The first-order valence-electron chi connectivity index (χ1n) is 10.9. The second-order valence-corrected chi connectivity index (χ2v) is 8.52. The third kappa shape index (κ3) is 6.12. The first kappa shape index (κ1) is 22.9. The average molecular weight is 424 g/mol. The number of hydrogen-bond donors (Lipinski definition) is 2. The SMILES string of the molecule is CN=C(NCC(c1c(F)cccc1F)N(C)C)NC1CCN(CC2CCOC2)CC1. The first-order valence-corrected chi connectivity index (χ1v) is 10.9. The number of piperidine rings is 1. The van der Waals surface area contributed by atoms with E-state index >= 15 is 0 Å². The van der Waals surface area contributed by atoms with E-state index in [-0.39, 0.29) is 5.56 Å². The van der Waals surface area contributed by atoms with Gasteiger partial charge in [-0.05, 0) is 51.4 Å².